The molecule has 21 heavy (non-hydrogen) atoms. The molecule has 112 valence electrons. The fourth-order valence-corrected chi connectivity index (χ4v) is 2.63. The van der Waals surface area contributed by atoms with E-state index in [0.29, 0.717) is 15.8 Å². The standard InChI is InChI=1S/C15H17BrFN3O/c1-9(2)21-11-6-10(7-19-8-11)15(20-18)14-12(16)4-3-5-13(14)17/h3-9,15,20H,18H2,1-2H3. The van der Waals surface area contributed by atoms with Crippen molar-refractivity contribution in [2.45, 2.75) is 26.0 Å². The number of ether oxygens (including phenoxy) is 1. The number of hydrogen-bond donors (Lipinski definition) is 2. The fraction of sp³-hybridized carbons (Fsp3) is 0.267. The maximum absolute atomic E-state index is 14.1. The summed E-state index contributed by atoms with van der Waals surface area (Å²) < 4.78 is 20.4. The van der Waals surface area contributed by atoms with Gasteiger partial charge in [0.15, 0.2) is 0 Å². The van der Waals surface area contributed by atoms with Crippen LogP contribution in [0.2, 0.25) is 0 Å². The molecular weight excluding hydrogens is 337 g/mol. The topological polar surface area (TPSA) is 60.2 Å². The first-order valence-electron chi connectivity index (χ1n) is 6.54. The molecule has 0 saturated heterocycles. The van der Waals surface area contributed by atoms with Crippen LogP contribution in [0.3, 0.4) is 0 Å². The minimum Gasteiger partial charge on any atom is -0.489 e. The number of halogens is 2. The van der Waals surface area contributed by atoms with Crippen LogP contribution in [-0.2, 0) is 0 Å². The highest BCUT2D eigenvalue weighted by atomic mass is 79.9. The number of nitrogens with two attached hydrogens (primary N) is 1. The highest BCUT2D eigenvalue weighted by molar-refractivity contribution is 9.10. The van der Waals surface area contributed by atoms with E-state index in [1.54, 1.807) is 30.6 Å². The van der Waals surface area contributed by atoms with E-state index in [0.717, 1.165) is 5.56 Å². The van der Waals surface area contributed by atoms with Gasteiger partial charge in [-0.15, -0.1) is 0 Å². The second-order valence-corrected chi connectivity index (χ2v) is 5.71. The monoisotopic (exact) mass is 353 g/mol. The van der Waals surface area contributed by atoms with Gasteiger partial charge in [0, 0.05) is 16.2 Å². The van der Waals surface area contributed by atoms with Gasteiger partial charge in [0.05, 0.1) is 18.3 Å². The molecule has 2 aromatic rings. The van der Waals surface area contributed by atoms with Crippen LogP contribution in [0.15, 0.2) is 41.1 Å². The van der Waals surface area contributed by atoms with Gasteiger partial charge in [-0.1, -0.05) is 22.0 Å². The first-order valence-corrected chi connectivity index (χ1v) is 7.34. The molecule has 0 aliphatic rings. The second-order valence-electron chi connectivity index (χ2n) is 4.86. The van der Waals surface area contributed by atoms with Crippen LogP contribution < -0.4 is 16.0 Å². The summed E-state index contributed by atoms with van der Waals surface area (Å²) in [5, 5.41) is 0. The highest BCUT2D eigenvalue weighted by Gasteiger charge is 2.20. The van der Waals surface area contributed by atoms with Crippen LogP contribution >= 0.6 is 15.9 Å². The van der Waals surface area contributed by atoms with Gasteiger partial charge in [0.2, 0.25) is 0 Å². The van der Waals surface area contributed by atoms with Gasteiger partial charge in [0.1, 0.15) is 11.6 Å². The number of pyridine rings is 1. The lowest BCUT2D eigenvalue weighted by Gasteiger charge is -2.19. The molecule has 0 aliphatic heterocycles. The predicted molar refractivity (Wildman–Crippen MR) is 83.3 cm³/mol. The van der Waals surface area contributed by atoms with E-state index in [2.05, 4.69) is 26.3 Å². The van der Waals surface area contributed by atoms with Crippen LogP contribution in [0.5, 0.6) is 5.75 Å². The summed E-state index contributed by atoms with van der Waals surface area (Å²) >= 11 is 3.36. The summed E-state index contributed by atoms with van der Waals surface area (Å²) in [5.41, 5.74) is 3.79. The number of rotatable bonds is 5. The number of hydrogen-bond acceptors (Lipinski definition) is 4. The molecule has 0 radical (unpaired) electrons. The minimum absolute atomic E-state index is 0.0338. The molecule has 0 fully saturated rings. The Hall–Kier alpha value is -1.50. The van der Waals surface area contributed by atoms with Crippen LogP contribution in [0.4, 0.5) is 4.39 Å². The van der Waals surface area contributed by atoms with E-state index >= 15 is 0 Å². The van der Waals surface area contributed by atoms with Crippen LogP contribution in [0.1, 0.15) is 31.0 Å². The maximum atomic E-state index is 14.1. The summed E-state index contributed by atoms with van der Waals surface area (Å²) in [6.45, 7) is 3.86. The average molecular weight is 354 g/mol. The average Bonchev–Trinajstić information content (AvgIpc) is 2.42. The molecule has 1 atom stereocenters. The molecule has 3 N–H and O–H groups in total. The molecular formula is C15H17BrFN3O. The van der Waals surface area contributed by atoms with Crippen molar-refractivity contribution in [3.8, 4) is 5.75 Å². The van der Waals surface area contributed by atoms with Crippen molar-refractivity contribution < 1.29 is 9.13 Å². The third kappa shape index (κ3) is 3.78. The zero-order valence-electron chi connectivity index (χ0n) is 11.8. The van der Waals surface area contributed by atoms with Gasteiger partial charge in [0.25, 0.3) is 0 Å². The van der Waals surface area contributed by atoms with Gasteiger partial charge in [-0.3, -0.25) is 10.8 Å². The molecule has 1 aromatic heterocycles. The second kappa shape index (κ2) is 6.98. The molecule has 0 amide bonds. The Kier molecular flexibility index (Phi) is 5.27. The summed E-state index contributed by atoms with van der Waals surface area (Å²) in [6.07, 6.45) is 3.29. The van der Waals surface area contributed by atoms with Crippen LogP contribution in [0.25, 0.3) is 0 Å². The fourth-order valence-electron chi connectivity index (χ4n) is 2.06. The SMILES string of the molecule is CC(C)Oc1cncc(C(NN)c2c(F)cccc2Br)c1. The molecule has 6 heteroatoms. The van der Waals surface area contributed by atoms with E-state index in [9.17, 15) is 4.39 Å². The Labute approximate surface area is 131 Å². The third-order valence-electron chi connectivity index (χ3n) is 2.89. The summed E-state index contributed by atoms with van der Waals surface area (Å²) in [4.78, 5) is 4.13. The largest absolute Gasteiger partial charge is 0.489 e. The van der Waals surface area contributed by atoms with E-state index in [4.69, 9.17) is 10.6 Å². The molecule has 1 heterocycles. The van der Waals surface area contributed by atoms with Crippen LogP contribution in [0, 0.1) is 5.82 Å². The van der Waals surface area contributed by atoms with E-state index in [1.165, 1.54) is 6.07 Å². The third-order valence-corrected chi connectivity index (χ3v) is 3.59. The van der Waals surface area contributed by atoms with Crippen molar-refractivity contribution in [3.05, 3.63) is 58.1 Å². The van der Waals surface area contributed by atoms with Gasteiger partial charge in [-0.25, -0.2) is 9.82 Å². The lowest BCUT2D eigenvalue weighted by Crippen LogP contribution is -2.30. The summed E-state index contributed by atoms with van der Waals surface area (Å²) in [5.74, 6) is 5.90. The number of aromatic nitrogens is 1. The van der Waals surface area contributed by atoms with Crippen LogP contribution in [-0.4, -0.2) is 11.1 Å². The maximum Gasteiger partial charge on any atom is 0.138 e. The van der Waals surface area contributed by atoms with Crippen molar-refractivity contribution in [2.24, 2.45) is 5.84 Å². The van der Waals surface area contributed by atoms with Crippen molar-refractivity contribution in [2.75, 3.05) is 0 Å². The smallest absolute Gasteiger partial charge is 0.138 e. The lowest BCUT2D eigenvalue weighted by molar-refractivity contribution is 0.241. The molecule has 4 nitrogen and oxygen atoms in total. The number of hydrazine groups is 1. The van der Waals surface area contributed by atoms with E-state index in [1.807, 2.05) is 13.8 Å². The first kappa shape index (κ1) is 15.9. The first-order chi connectivity index (χ1) is 10.0. The highest BCUT2D eigenvalue weighted by Crippen LogP contribution is 2.31. The zero-order chi connectivity index (χ0) is 15.4. The Morgan fingerprint density at radius 2 is 2.10 bits per heavy atom. The Balaban J connectivity index is 2.42. The molecule has 0 spiro atoms. The molecule has 1 unspecified atom stereocenters. The number of nitrogens with one attached hydrogen (secondary N) is 1. The quantitative estimate of drug-likeness (QED) is 0.639. The number of nitrogens with zero attached hydrogens (tertiary/aromatic N) is 1. The van der Waals surface area contributed by atoms with Gasteiger partial charge in [-0.2, -0.15) is 0 Å². The summed E-state index contributed by atoms with van der Waals surface area (Å²) in [6, 6.07) is 6.07. The Morgan fingerprint density at radius 1 is 1.33 bits per heavy atom. The molecule has 1 aromatic carbocycles. The molecule has 2 rings (SSSR count). The van der Waals surface area contributed by atoms with Crippen molar-refractivity contribution in [1.29, 1.82) is 0 Å². The lowest BCUT2D eigenvalue weighted by atomic mass is 10.00. The molecule has 0 saturated carbocycles. The minimum atomic E-state index is -0.524. The van der Waals surface area contributed by atoms with Crippen molar-refractivity contribution in [1.82, 2.24) is 10.4 Å². The van der Waals surface area contributed by atoms with E-state index in [-0.39, 0.29) is 11.9 Å². The zero-order valence-corrected chi connectivity index (χ0v) is 13.4. The Morgan fingerprint density at radius 3 is 2.71 bits per heavy atom. The summed E-state index contributed by atoms with van der Waals surface area (Å²) in [7, 11) is 0. The van der Waals surface area contributed by atoms with Crippen molar-refractivity contribution in [3.63, 3.8) is 0 Å². The van der Waals surface area contributed by atoms with Gasteiger partial charge >= 0.3 is 0 Å². The van der Waals surface area contributed by atoms with Crippen molar-refractivity contribution >= 4 is 15.9 Å². The Bertz CT molecular complexity index is 601. The van der Waals surface area contributed by atoms with Gasteiger partial charge in [-0.05, 0) is 37.6 Å². The molecule has 0 bridgehead atoms. The van der Waals surface area contributed by atoms with E-state index < -0.39 is 6.04 Å². The normalized spacial score (nSPS) is 12.5. The van der Waals surface area contributed by atoms with Gasteiger partial charge < -0.3 is 4.74 Å². The predicted octanol–water partition coefficient (Wildman–Crippen LogP) is 3.32. The molecule has 0 aliphatic carbocycles. The number of benzene rings is 1.